The predicted octanol–water partition coefficient (Wildman–Crippen LogP) is 3.04. The van der Waals surface area contributed by atoms with Gasteiger partial charge in [0.25, 0.3) is 0 Å². The third-order valence-corrected chi connectivity index (χ3v) is 6.92. The van der Waals surface area contributed by atoms with Crippen LogP contribution in [0.25, 0.3) is 0 Å². The molecule has 0 bridgehead atoms. The molecule has 1 amide bonds. The van der Waals surface area contributed by atoms with Crippen LogP contribution in [0.1, 0.15) is 42.6 Å². The first-order valence-corrected chi connectivity index (χ1v) is 10.9. The van der Waals surface area contributed by atoms with E-state index in [0.717, 1.165) is 22.0 Å². The summed E-state index contributed by atoms with van der Waals surface area (Å²) in [6.07, 6.45) is 0.897. The summed E-state index contributed by atoms with van der Waals surface area (Å²) >= 11 is 1.47. The van der Waals surface area contributed by atoms with Crippen molar-refractivity contribution in [2.75, 3.05) is 11.9 Å². The van der Waals surface area contributed by atoms with Crippen LogP contribution in [0.3, 0.4) is 0 Å². The van der Waals surface area contributed by atoms with Gasteiger partial charge in [0.1, 0.15) is 5.01 Å². The molecule has 1 atom stereocenters. The lowest BCUT2D eigenvalue weighted by molar-refractivity contribution is -0.117. The second-order valence-electron chi connectivity index (χ2n) is 7.05. The van der Waals surface area contributed by atoms with Gasteiger partial charge in [-0.15, -0.1) is 11.3 Å². The molecule has 1 aromatic carbocycles. The Balaban J connectivity index is 1.89. The molecule has 2 heterocycles. The highest BCUT2D eigenvalue weighted by Crippen LogP contribution is 2.31. The fourth-order valence-electron chi connectivity index (χ4n) is 3.07. The van der Waals surface area contributed by atoms with E-state index >= 15 is 0 Å². The van der Waals surface area contributed by atoms with E-state index in [1.807, 2.05) is 12.3 Å². The highest BCUT2D eigenvalue weighted by atomic mass is 32.2. The van der Waals surface area contributed by atoms with Gasteiger partial charge >= 0.3 is 0 Å². The number of carbonyl (C=O) groups is 1. The molecule has 0 fully saturated rings. The summed E-state index contributed by atoms with van der Waals surface area (Å²) in [5.74, 6) is 0.289. The average molecular weight is 394 g/mol. The van der Waals surface area contributed by atoms with Crippen LogP contribution in [0.15, 0.2) is 28.5 Å². The summed E-state index contributed by atoms with van der Waals surface area (Å²) in [5, 5.41) is 2.70. The quantitative estimate of drug-likeness (QED) is 0.818. The zero-order valence-corrected chi connectivity index (χ0v) is 16.9. The molecule has 0 aliphatic carbocycles. The van der Waals surface area contributed by atoms with Gasteiger partial charge in [-0.3, -0.25) is 4.79 Å². The zero-order chi connectivity index (χ0) is 19.1. The second-order valence-corrected chi connectivity index (χ2v) is 9.65. The van der Waals surface area contributed by atoms with Gasteiger partial charge in [-0.05, 0) is 43.0 Å². The molecular formula is C18H23N3O3S2. The number of thiazole rings is 1. The number of aryl methyl sites for hydroxylation is 1. The van der Waals surface area contributed by atoms with Gasteiger partial charge in [0.05, 0.1) is 17.4 Å². The van der Waals surface area contributed by atoms with Crippen LogP contribution in [0, 0.1) is 12.8 Å². The molecular weight excluding hydrogens is 370 g/mol. The number of carbonyl (C=O) groups excluding carboxylic acids is 1. The largest absolute Gasteiger partial charge is 0.315 e. The molecule has 0 saturated carbocycles. The predicted molar refractivity (Wildman–Crippen MR) is 103 cm³/mol. The van der Waals surface area contributed by atoms with Crippen LogP contribution in [-0.4, -0.2) is 26.4 Å². The van der Waals surface area contributed by atoms with E-state index < -0.39 is 10.0 Å². The third-order valence-electron chi connectivity index (χ3n) is 4.38. The average Bonchev–Trinajstić information content (AvgIpc) is 3.10. The number of nitrogens with zero attached hydrogens (tertiary/aromatic N) is 2. The van der Waals surface area contributed by atoms with Gasteiger partial charge in [-0.25, -0.2) is 18.1 Å². The van der Waals surface area contributed by atoms with Gasteiger partial charge in [0.15, 0.2) is 0 Å². The van der Waals surface area contributed by atoms with Crippen molar-refractivity contribution >= 4 is 33.0 Å². The Labute approximate surface area is 158 Å². The minimum absolute atomic E-state index is 0.0292. The fraction of sp³-hybridized carbons (Fsp3) is 0.444. The van der Waals surface area contributed by atoms with E-state index in [4.69, 9.17) is 0 Å². The van der Waals surface area contributed by atoms with Gasteiger partial charge < -0.3 is 4.90 Å². The number of sulfonamides is 1. The molecule has 26 heavy (non-hydrogen) atoms. The number of rotatable bonds is 6. The number of nitrogens with one attached hydrogen (secondary N) is 1. The molecule has 1 aliphatic rings. The molecule has 140 valence electrons. The number of hydrogen-bond donors (Lipinski definition) is 1. The smallest absolute Gasteiger partial charge is 0.241 e. The normalized spacial score (nSPS) is 15.6. The van der Waals surface area contributed by atoms with E-state index in [0.29, 0.717) is 12.3 Å². The van der Waals surface area contributed by atoms with E-state index in [1.54, 1.807) is 30.1 Å². The van der Waals surface area contributed by atoms with E-state index in [-0.39, 0.29) is 23.3 Å². The number of benzene rings is 1. The van der Waals surface area contributed by atoms with Crippen molar-refractivity contribution in [1.82, 2.24) is 9.71 Å². The Hall–Kier alpha value is -1.77. The Morgan fingerprint density at radius 3 is 2.69 bits per heavy atom. The number of likely N-dealkylation sites (N-methyl/N-ethyl adjacent to an activating group) is 1. The lowest BCUT2D eigenvalue weighted by Crippen LogP contribution is -2.29. The van der Waals surface area contributed by atoms with Crippen molar-refractivity contribution in [3.05, 3.63) is 39.8 Å². The fourth-order valence-corrected chi connectivity index (χ4v) is 5.27. The number of amides is 1. The summed E-state index contributed by atoms with van der Waals surface area (Å²) in [6.45, 7) is 6.01. The first kappa shape index (κ1) is 19.0. The second kappa shape index (κ2) is 7.09. The Kier molecular flexibility index (Phi) is 5.18. The summed E-state index contributed by atoms with van der Waals surface area (Å²) in [6, 6.07) is 4.48. The van der Waals surface area contributed by atoms with E-state index in [1.165, 1.54) is 11.3 Å². The van der Waals surface area contributed by atoms with Crippen molar-refractivity contribution in [2.45, 2.75) is 44.6 Å². The number of aromatic nitrogens is 1. The minimum atomic E-state index is -3.71. The standard InChI is InChI=1S/C18H23N3O3S2/c1-11(2)7-15(18-19-12(3)10-25-18)20-26(23,24)14-5-6-16-13(8-14)9-17(22)21(16)4/h5-6,8,10-11,15,20H,7,9H2,1-4H3. The molecule has 1 aliphatic heterocycles. The maximum atomic E-state index is 12.9. The molecule has 0 radical (unpaired) electrons. The van der Waals surface area contributed by atoms with Gasteiger partial charge in [0.2, 0.25) is 15.9 Å². The molecule has 1 unspecified atom stereocenters. The van der Waals surface area contributed by atoms with Gasteiger partial charge in [0, 0.05) is 23.8 Å². The first-order valence-electron chi connectivity index (χ1n) is 8.51. The highest BCUT2D eigenvalue weighted by Gasteiger charge is 2.28. The van der Waals surface area contributed by atoms with E-state index in [2.05, 4.69) is 23.6 Å². The van der Waals surface area contributed by atoms with E-state index in [9.17, 15) is 13.2 Å². The maximum absolute atomic E-state index is 12.9. The van der Waals surface area contributed by atoms with Crippen LogP contribution in [-0.2, 0) is 21.2 Å². The lowest BCUT2D eigenvalue weighted by atomic mass is 10.1. The third kappa shape index (κ3) is 3.82. The summed E-state index contributed by atoms with van der Waals surface area (Å²) in [4.78, 5) is 18.0. The van der Waals surface area contributed by atoms with Crippen LogP contribution < -0.4 is 9.62 Å². The first-order chi connectivity index (χ1) is 12.2. The van der Waals surface area contributed by atoms with Gasteiger partial charge in [-0.1, -0.05) is 13.8 Å². The maximum Gasteiger partial charge on any atom is 0.241 e. The molecule has 0 spiro atoms. The summed E-state index contributed by atoms with van der Waals surface area (Å²) in [7, 11) is -2.02. The minimum Gasteiger partial charge on any atom is -0.315 e. The van der Waals surface area contributed by atoms with Crippen LogP contribution in [0.5, 0.6) is 0 Å². The van der Waals surface area contributed by atoms with Gasteiger partial charge in [-0.2, -0.15) is 0 Å². The Bertz CT molecular complexity index is 935. The van der Waals surface area contributed by atoms with Crippen molar-refractivity contribution in [3.63, 3.8) is 0 Å². The SMILES string of the molecule is Cc1csc(C(CC(C)C)NS(=O)(=O)c2ccc3c(c2)CC(=O)N3C)n1. The summed E-state index contributed by atoms with van der Waals surface area (Å²) < 4.78 is 28.7. The van der Waals surface area contributed by atoms with Crippen molar-refractivity contribution in [2.24, 2.45) is 5.92 Å². The van der Waals surface area contributed by atoms with Crippen molar-refractivity contribution in [1.29, 1.82) is 0 Å². The zero-order valence-electron chi connectivity index (χ0n) is 15.3. The lowest BCUT2D eigenvalue weighted by Gasteiger charge is -2.19. The molecule has 1 N–H and O–H groups in total. The molecule has 2 aromatic rings. The molecule has 1 aromatic heterocycles. The van der Waals surface area contributed by atoms with Crippen molar-refractivity contribution < 1.29 is 13.2 Å². The van der Waals surface area contributed by atoms with Crippen LogP contribution in [0.2, 0.25) is 0 Å². The Morgan fingerprint density at radius 1 is 1.35 bits per heavy atom. The molecule has 6 nitrogen and oxygen atoms in total. The molecule has 0 saturated heterocycles. The number of anilines is 1. The Morgan fingerprint density at radius 2 is 2.08 bits per heavy atom. The number of hydrogen-bond acceptors (Lipinski definition) is 5. The molecule has 8 heteroatoms. The van der Waals surface area contributed by atoms with Crippen LogP contribution >= 0.6 is 11.3 Å². The molecule has 3 rings (SSSR count). The topological polar surface area (TPSA) is 79.4 Å². The van der Waals surface area contributed by atoms with Crippen LogP contribution in [0.4, 0.5) is 5.69 Å². The monoisotopic (exact) mass is 393 g/mol. The summed E-state index contributed by atoms with van der Waals surface area (Å²) in [5.41, 5.74) is 2.39. The number of fused-ring (bicyclic) bond motifs is 1. The highest BCUT2D eigenvalue weighted by molar-refractivity contribution is 7.89. The van der Waals surface area contributed by atoms with Crippen molar-refractivity contribution in [3.8, 4) is 0 Å².